The first kappa shape index (κ1) is 14.2. The van der Waals surface area contributed by atoms with Crippen molar-refractivity contribution in [2.24, 2.45) is 0 Å². The minimum absolute atomic E-state index is 0.0782. The molecule has 0 aliphatic heterocycles. The zero-order valence-electron chi connectivity index (χ0n) is 12.8. The number of thiazole rings is 1. The van der Waals surface area contributed by atoms with Gasteiger partial charge in [-0.05, 0) is 38.8 Å². The first-order valence-corrected chi connectivity index (χ1v) is 8.17. The highest BCUT2D eigenvalue weighted by Crippen LogP contribution is 2.49. The van der Waals surface area contributed by atoms with E-state index in [1.807, 2.05) is 13.8 Å². The monoisotopic (exact) mass is 329 g/mol. The van der Waals surface area contributed by atoms with Crippen LogP contribution in [0.25, 0.3) is 11.5 Å². The van der Waals surface area contributed by atoms with Crippen LogP contribution >= 0.6 is 11.3 Å². The standard InChI is InChI=1S/C16H15N3O3S/c1-9-10(2)23-15(17-9)18-14(20)16(5-6-16)13-8-12(22-19-13)11-4-3-7-21-11/h3-4,7-8H,5-6H2,1-2H3,(H,17,18,20). The molecular weight excluding hydrogens is 314 g/mol. The Labute approximate surface area is 136 Å². The molecule has 1 saturated carbocycles. The summed E-state index contributed by atoms with van der Waals surface area (Å²) < 4.78 is 10.6. The lowest BCUT2D eigenvalue weighted by molar-refractivity contribution is -0.118. The molecule has 3 heterocycles. The predicted molar refractivity (Wildman–Crippen MR) is 85.3 cm³/mol. The number of aryl methyl sites for hydroxylation is 2. The Morgan fingerprint density at radius 1 is 1.35 bits per heavy atom. The molecule has 0 spiro atoms. The van der Waals surface area contributed by atoms with Gasteiger partial charge in [-0.25, -0.2) is 4.98 Å². The molecule has 7 heteroatoms. The fraction of sp³-hybridized carbons (Fsp3) is 0.312. The molecule has 4 rings (SSSR count). The quantitative estimate of drug-likeness (QED) is 0.789. The molecule has 0 atom stereocenters. The molecule has 3 aromatic rings. The number of amides is 1. The molecule has 23 heavy (non-hydrogen) atoms. The van der Waals surface area contributed by atoms with Gasteiger partial charge in [-0.1, -0.05) is 5.16 Å². The maximum atomic E-state index is 12.7. The van der Waals surface area contributed by atoms with Crippen molar-refractivity contribution < 1.29 is 13.7 Å². The lowest BCUT2D eigenvalue weighted by Crippen LogP contribution is -2.28. The molecule has 0 saturated heterocycles. The molecule has 0 aromatic carbocycles. The van der Waals surface area contributed by atoms with E-state index in [0.717, 1.165) is 23.4 Å². The lowest BCUT2D eigenvalue weighted by atomic mass is 10.0. The molecule has 0 radical (unpaired) electrons. The van der Waals surface area contributed by atoms with E-state index in [1.165, 1.54) is 11.3 Å². The minimum Gasteiger partial charge on any atom is -0.461 e. The highest BCUT2D eigenvalue weighted by Gasteiger charge is 2.54. The van der Waals surface area contributed by atoms with Gasteiger partial charge in [0.1, 0.15) is 0 Å². The van der Waals surface area contributed by atoms with Gasteiger partial charge in [0.2, 0.25) is 11.7 Å². The average molecular weight is 329 g/mol. The van der Waals surface area contributed by atoms with E-state index in [-0.39, 0.29) is 5.91 Å². The third kappa shape index (κ3) is 2.37. The van der Waals surface area contributed by atoms with E-state index in [4.69, 9.17) is 8.94 Å². The highest BCUT2D eigenvalue weighted by molar-refractivity contribution is 7.15. The Kier molecular flexibility index (Phi) is 3.12. The molecule has 3 aromatic heterocycles. The maximum Gasteiger partial charge on any atom is 0.238 e. The number of aromatic nitrogens is 2. The summed E-state index contributed by atoms with van der Waals surface area (Å²) in [7, 11) is 0. The Morgan fingerprint density at radius 3 is 2.78 bits per heavy atom. The molecule has 0 bridgehead atoms. The topological polar surface area (TPSA) is 81.2 Å². The van der Waals surface area contributed by atoms with E-state index in [0.29, 0.717) is 22.3 Å². The Hall–Kier alpha value is -2.41. The van der Waals surface area contributed by atoms with Crippen LogP contribution in [0.4, 0.5) is 5.13 Å². The van der Waals surface area contributed by atoms with Gasteiger partial charge >= 0.3 is 0 Å². The van der Waals surface area contributed by atoms with Crippen molar-refractivity contribution in [2.75, 3.05) is 5.32 Å². The number of hydrogen-bond acceptors (Lipinski definition) is 6. The van der Waals surface area contributed by atoms with Gasteiger partial charge in [0.15, 0.2) is 10.9 Å². The van der Waals surface area contributed by atoms with E-state index < -0.39 is 5.41 Å². The molecule has 6 nitrogen and oxygen atoms in total. The van der Waals surface area contributed by atoms with Crippen LogP contribution in [0.5, 0.6) is 0 Å². The second-order valence-corrected chi connectivity index (χ2v) is 6.95. The molecule has 0 unspecified atom stereocenters. The lowest BCUT2D eigenvalue weighted by Gasteiger charge is -2.10. The summed E-state index contributed by atoms with van der Waals surface area (Å²) in [5, 5.41) is 7.62. The van der Waals surface area contributed by atoms with Crippen molar-refractivity contribution in [3.63, 3.8) is 0 Å². The summed E-state index contributed by atoms with van der Waals surface area (Å²) >= 11 is 1.48. The zero-order chi connectivity index (χ0) is 16.0. The van der Waals surface area contributed by atoms with Crippen LogP contribution in [0, 0.1) is 13.8 Å². The van der Waals surface area contributed by atoms with Crippen molar-refractivity contribution in [3.05, 3.63) is 40.7 Å². The molecule has 1 aliphatic carbocycles. The minimum atomic E-state index is -0.609. The highest BCUT2D eigenvalue weighted by atomic mass is 32.1. The molecule has 1 N–H and O–H groups in total. The summed E-state index contributed by atoms with van der Waals surface area (Å²) in [6.45, 7) is 3.92. The van der Waals surface area contributed by atoms with Crippen LogP contribution < -0.4 is 5.32 Å². The molecule has 1 fully saturated rings. The van der Waals surface area contributed by atoms with Gasteiger partial charge in [-0.3, -0.25) is 4.79 Å². The van der Waals surface area contributed by atoms with Crippen LogP contribution in [0.1, 0.15) is 29.1 Å². The summed E-state index contributed by atoms with van der Waals surface area (Å²) in [5.74, 6) is 1.06. The SMILES string of the molecule is Cc1nc(NC(=O)C2(c3cc(-c4ccco4)on3)CC2)sc1C. The van der Waals surface area contributed by atoms with E-state index in [9.17, 15) is 4.79 Å². The van der Waals surface area contributed by atoms with Crippen LogP contribution in [0.3, 0.4) is 0 Å². The van der Waals surface area contributed by atoms with Crippen molar-refractivity contribution in [2.45, 2.75) is 32.1 Å². The van der Waals surface area contributed by atoms with Crippen molar-refractivity contribution >= 4 is 22.4 Å². The van der Waals surface area contributed by atoms with E-state index in [2.05, 4.69) is 15.5 Å². The maximum absolute atomic E-state index is 12.7. The number of rotatable bonds is 4. The average Bonchev–Trinajstić information content (AvgIpc) is 2.92. The van der Waals surface area contributed by atoms with Crippen molar-refractivity contribution in [3.8, 4) is 11.5 Å². The van der Waals surface area contributed by atoms with Gasteiger partial charge in [-0.2, -0.15) is 0 Å². The van der Waals surface area contributed by atoms with Gasteiger partial charge in [0, 0.05) is 10.9 Å². The van der Waals surface area contributed by atoms with Crippen LogP contribution in [-0.2, 0) is 10.2 Å². The second kappa shape index (κ2) is 5.06. The smallest absolute Gasteiger partial charge is 0.238 e. The fourth-order valence-electron chi connectivity index (χ4n) is 2.50. The largest absolute Gasteiger partial charge is 0.461 e. The van der Waals surface area contributed by atoms with E-state index >= 15 is 0 Å². The fourth-order valence-corrected chi connectivity index (χ4v) is 3.31. The van der Waals surface area contributed by atoms with Crippen molar-refractivity contribution in [1.29, 1.82) is 0 Å². The second-order valence-electron chi connectivity index (χ2n) is 5.75. The summed E-state index contributed by atoms with van der Waals surface area (Å²) in [5.41, 5.74) is 0.977. The first-order chi connectivity index (χ1) is 11.1. The number of carbonyl (C=O) groups is 1. The number of nitrogens with one attached hydrogen (secondary N) is 1. The molecule has 1 aliphatic rings. The number of nitrogens with zero attached hydrogens (tertiary/aromatic N) is 2. The number of carbonyl (C=O) groups excluding carboxylic acids is 1. The molecular formula is C16H15N3O3S. The molecule has 118 valence electrons. The third-order valence-corrected chi connectivity index (χ3v) is 5.19. The van der Waals surface area contributed by atoms with Gasteiger partial charge in [0.05, 0.1) is 23.1 Å². The Bertz CT molecular complexity index is 840. The van der Waals surface area contributed by atoms with E-state index in [1.54, 1.807) is 24.5 Å². The van der Waals surface area contributed by atoms with Crippen LogP contribution in [0.2, 0.25) is 0 Å². The van der Waals surface area contributed by atoms with Gasteiger partial charge < -0.3 is 14.3 Å². The van der Waals surface area contributed by atoms with Gasteiger partial charge in [-0.15, -0.1) is 11.3 Å². The summed E-state index contributed by atoms with van der Waals surface area (Å²) in [4.78, 5) is 18.1. The summed E-state index contributed by atoms with van der Waals surface area (Å²) in [6.07, 6.45) is 3.09. The molecule has 1 amide bonds. The third-order valence-electron chi connectivity index (χ3n) is 4.20. The number of hydrogen-bond donors (Lipinski definition) is 1. The Balaban J connectivity index is 1.57. The Morgan fingerprint density at radius 2 is 2.17 bits per heavy atom. The van der Waals surface area contributed by atoms with Gasteiger partial charge in [0.25, 0.3) is 0 Å². The number of anilines is 1. The summed E-state index contributed by atoms with van der Waals surface area (Å²) in [6, 6.07) is 5.36. The zero-order valence-corrected chi connectivity index (χ0v) is 13.6. The number of furan rings is 1. The van der Waals surface area contributed by atoms with Crippen LogP contribution in [-0.4, -0.2) is 16.0 Å². The predicted octanol–water partition coefficient (Wildman–Crippen LogP) is 3.68. The van der Waals surface area contributed by atoms with Crippen LogP contribution in [0.15, 0.2) is 33.4 Å². The van der Waals surface area contributed by atoms with Crippen molar-refractivity contribution in [1.82, 2.24) is 10.1 Å². The normalized spacial score (nSPS) is 15.6. The first-order valence-electron chi connectivity index (χ1n) is 7.35.